The van der Waals surface area contributed by atoms with Gasteiger partial charge in [0.15, 0.2) is 0 Å². The fourth-order valence-corrected chi connectivity index (χ4v) is 1.49. The van der Waals surface area contributed by atoms with Crippen molar-refractivity contribution >= 4 is 0 Å². The van der Waals surface area contributed by atoms with Gasteiger partial charge in [0.25, 0.3) is 0 Å². The summed E-state index contributed by atoms with van der Waals surface area (Å²) in [6.45, 7) is 9.09. The van der Waals surface area contributed by atoms with Crippen molar-refractivity contribution in [1.29, 1.82) is 0 Å². The zero-order valence-corrected chi connectivity index (χ0v) is 9.24. The summed E-state index contributed by atoms with van der Waals surface area (Å²) in [5.74, 6) is 0. The first-order valence-electron chi connectivity index (χ1n) is 5.43. The lowest BCUT2D eigenvalue weighted by molar-refractivity contribution is 0.728. The number of hydrogen-bond acceptors (Lipinski definition) is 0. The molecule has 0 heteroatoms. The molecule has 0 aromatic heterocycles. The van der Waals surface area contributed by atoms with Crippen molar-refractivity contribution in [2.45, 2.75) is 66.2 Å². The zero-order valence-electron chi connectivity index (χ0n) is 9.24. The van der Waals surface area contributed by atoms with Crippen molar-refractivity contribution in [3.63, 3.8) is 0 Å². The molecule has 0 saturated heterocycles. The van der Waals surface area contributed by atoms with Crippen LogP contribution in [0, 0.1) is 0 Å². The van der Waals surface area contributed by atoms with E-state index in [0.717, 1.165) is 0 Å². The van der Waals surface area contributed by atoms with Crippen LogP contribution in [-0.2, 0) is 0 Å². The van der Waals surface area contributed by atoms with E-state index < -0.39 is 0 Å². The molecule has 0 aromatic carbocycles. The van der Waals surface area contributed by atoms with E-state index in [4.69, 9.17) is 0 Å². The number of allylic oxidation sites excluding steroid dienone is 2. The van der Waals surface area contributed by atoms with Gasteiger partial charge in [-0.05, 0) is 32.6 Å². The predicted octanol–water partition coefficient (Wildman–Crippen LogP) is 4.70. The quantitative estimate of drug-likeness (QED) is 0.504. The number of hydrogen-bond donors (Lipinski definition) is 0. The monoisotopic (exact) mass is 168 g/mol. The predicted molar refractivity (Wildman–Crippen MR) is 57.4 cm³/mol. The van der Waals surface area contributed by atoms with E-state index in [1.165, 1.54) is 38.5 Å². The van der Waals surface area contributed by atoms with Crippen LogP contribution in [0.3, 0.4) is 0 Å². The van der Waals surface area contributed by atoms with Crippen LogP contribution in [0.1, 0.15) is 66.2 Å². The SMILES string of the molecule is CCCC/C(CCC)=C(\C)CC. The van der Waals surface area contributed by atoms with Gasteiger partial charge in [-0.2, -0.15) is 0 Å². The van der Waals surface area contributed by atoms with E-state index in [-0.39, 0.29) is 0 Å². The molecule has 0 aliphatic heterocycles. The Hall–Kier alpha value is -0.260. The van der Waals surface area contributed by atoms with Crippen LogP contribution in [0.5, 0.6) is 0 Å². The van der Waals surface area contributed by atoms with Crippen LogP contribution in [0.15, 0.2) is 11.1 Å². The maximum Gasteiger partial charge on any atom is -0.0318 e. The highest BCUT2D eigenvalue weighted by molar-refractivity contribution is 5.11. The van der Waals surface area contributed by atoms with Crippen molar-refractivity contribution in [2.24, 2.45) is 0 Å². The van der Waals surface area contributed by atoms with Gasteiger partial charge in [0.1, 0.15) is 0 Å². The van der Waals surface area contributed by atoms with E-state index in [0.29, 0.717) is 0 Å². The Morgan fingerprint density at radius 1 is 0.917 bits per heavy atom. The first-order valence-corrected chi connectivity index (χ1v) is 5.43. The topological polar surface area (TPSA) is 0 Å². The third-order valence-electron chi connectivity index (χ3n) is 2.52. The minimum Gasteiger partial charge on any atom is -0.0744 e. The average Bonchev–Trinajstić information content (AvgIpc) is 2.11. The minimum atomic E-state index is 1.24. The highest BCUT2D eigenvalue weighted by Gasteiger charge is 1.99. The van der Waals surface area contributed by atoms with E-state index in [1.54, 1.807) is 11.1 Å². The number of unbranched alkanes of at least 4 members (excludes halogenated alkanes) is 1. The summed E-state index contributed by atoms with van der Waals surface area (Å²) >= 11 is 0. The molecule has 0 aromatic rings. The summed E-state index contributed by atoms with van der Waals surface area (Å²) in [4.78, 5) is 0. The minimum absolute atomic E-state index is 1.24. The Morgan fingerprint density at radius 2 is 1.58 bits per heavy atom. The zero-order chi connectivity index (χ0) is 9.40. The van der Waals surface area contributed by atoms with Crippen LogP contribution in [0.4, 0.5) is 0 Å². The third-order valence-corrected chi connectivity index (χ3v) is 2.52. The second-order valence-corrected chi connectivity index (χ2v) is 3.59. The van der Waals surface area contributed by atoms with Gasteiger partial charge in [-0.1, -0.05) is 44.8 Å². The third kappa shape index (κ3) is 4.58. The Balaban J connectivity index is 4.02. The van der Waals surface area contributed by atoms with Crippen LogP contribution in [-0.4, -0.2) is 0 Å². The number of rotatable bonds is 6. The Kier molecular flexibility index (Phi) is 7.23. The summed E-state index contributed by atoms with van der Waals surface area (Å²) in [5, 5.41) is 0. The van der Waals surface area contributed by atoms with E-state index >= 15 is 0 Å². The molecule has 0 rings (SSSR count). The molecular formula is C12H24. The largest absolute Gasteiger partial charge is 0.0744 e. The van der Waals surface area contributed by atoms with E-state index in [1.807, 2.05) is 0 Å². The first kappa shape index (κ1) is 11.7. The van der Waals surface area contributed by atoms with Crippen molar-refractivity contribution < 1.29 is 0 Å². The maximum absolute atomic E-state index is 2.29. The van der Waals surface area contributed by atoms with Crippen LogP contribution in [0.2, 0.25) is 0 Å². The van der Waals surface area contributed by atoms with Crippen LogP contribution >= 0.6 is 0 Å². The molecule has 72 valence electrons. The average molecular weight is 168 g/mol. The Bertz CT molecular complexity index is 131. The lowest BCUT2D eigenvalue weighted by atomic mass is 9.98. The Labute approximate surface area is 78.1 Å². The van der Waals surface area contributed by atoms with Gasteiger partial charge in [0.05, 0.1) is 0 Å². The van der Waals surface area contributed by atoms with Crippen molar-refractivity contribution in [3.8, 4) is 0 Å². The molecular weight excluding hydrogens is 144 g/mol. The molecule has 0 saturated carbocycles. The molecule has 0 unspecified atom stereocenters. The second-order valence-electron chi connectivity index (χ2n) is 3.59. The fraction of sp³-hybridized carbons (Fsp3) is 0.833. The molecule has 0 atom stereocenters. The normalized spacial score (nSPS) is 13.0. The van der Waals surface area contributed by atoms with Crippen LogP contribution in [0.25, 0.3) is 0 Å². The molecule has 0 nitrogen and oxygen atoms in total. The Morgan fingerprint density at radius 3 is 2.00 bits per heavy atom. The van der Waals surface area contributed by atoms with Gasteiger partial charge in [0.2, 0.25) is 0 Å². The van der Waals surface area contributed by atoms with Gasteiger partial charge in [0, 0.05) is 0 Å². The maximum atomic E-state index is 2.29. The molecule has 0 amide bonds. The van der Waals surface area contributed by atoms with Gasteiger partial charge >= 0.3 is 0 Å². The molecule has 0 spiro atoms. The molecule has 0 aliphatic carbocycles. The molecule has 0 aliphatic rings. The smallest absolute Gasteiger partial charge is 0.0318 e. The van der Waals surface area contributed by atoms with E-state index in [2.05, 4.69) is 27.7 Å². The molecule has 0 fully saturated rings. The molecule has 0 heterocycles. The molecule has 0 N–H and O–H groups in total. The summed E-state index contributed by atoms with van der Waals surface area (Å²) < 4.78 is 0. The summed E-state index contributed by atoms with van der Waals surface area (Å²) in [6.07, 6.45) is 7.88. The van der Waals surface area contributed by atoms with Crippen molar-refractivity contribution in [3.05, 3.63) is 11.1 Å². The van der Waals surface area contributed by atoms with Crippen molar-refractivity contribution in [2.75, 3.05) is 0 Å². The lowest BCUT2D eigenvalue weighted by Gasteiger charge is -2.09. The van der Waals surface area contributed by atoms with Gasteiger partial charge < -0.3 is 0 Å². The highest BCUT2D eigenvalue weighted by Crippen LogP contribution is 2.19. The van der Waals surface area contributed by atoms with Gasteiger partial charge in [-0.3, -0.25) is 0 Å². The second kappa shape index (κ2) is 7.39. The van der Waals surface area contributed by atoms with Crippen LogP contribution < -0.4 is 0 Å². The lowest BCUT2D eigenvalue weighted by Crippen LogP contribution is -1.89. The highest BCUT2D eigenvalue weighted by atomic mass is 14.1. The first-order chi connectivity index (χ1) is 5.76. The fourth-order valence-electron chi connectivity index (χ4n) is 1.49. The van der Waals surface area contributed by atoms with E-state index in [9.17, 15) is 0 Å². The van der Waals surface area contributed by atoms with Crippen molar-refractivity contribution in [1.82, 2.24) is 0 Å². The molecule has 12 heavy (non-hydrogen) atoms. The summed E-state index contributed by atoms with van der Waals surface area (Å²) in [6, 6.07) is 0. The van der Waals surface area contributed by atoms with Gasteiger partial charge in [-0.25, -0.2) is 0 Å². The van der Waals surface area contributed by atoms with Gasteiger partial charge in [-0.15, -0.1) is 0 Å². The summed E-state index contributed by atoms with van der Waals surface area (Å²) in [7, 11) is 0. The standard InChI is InChI=1S/C12H24/c1-5-8-10-12(9-6-2)11(4)7-3/h5-10H2,1-4H3/b12-11+. The summed E-state index contributed by atoms with van der Waals surface area (Å²) in [5.41, 5.74) is 3.35. The molecule has 0 radical (unpaired) electrons. The molecule has 0 bridgehead atoms.